The average molecular weight is 249 g/mol. The van der Waals surface area contributed by atoms with Crippen LogP contribution in [0.15, 0.2) is 23.6 Å². The van der Waals surface area contributed by atoms with Gasteiger partial charge in [-0.2, -0.15) is 0 Å². The van der Waals surface area contributed by atoms with Crippen LogP contribution < -0.4 is 11.1 Å². The van der Waals surface area contributed by atoms with Crippen molar-refractivity contribution < 1.29 is 9.90 Å². The minimum atomic E-state index is -0.390. The van der Waals surface area contributed by atoms with E-state index in [9.17, 15) is 9.90 Å². The van der Waals surface area contributed by atoms with Crippen molar-refractivity contribution in [1.29, 1.82) is 0 Å². The van der Waals surface area contributed by atoms with E-state index in [-0.39, 0.29) is 17.4 Å². The SMILES string of the molecule is Cc1ccc(O)c(NC(=O)c2csc(N)n2)c1. The van der Waals surface area contributed by atoms with E-state index >= 15 is 0 Å². The van der Waals surface area contributed by atoms with Crippen molar-refractivity contribution in [2.75, 3.05) is 11.1 Å². The Morgan fingerprint density at radius 3 is 2.94 bits per heavy atom. The van der Waals surface area contributed by atoms with Gasteiger partial charge in [0.05, 0.1) is 5.69 Å². The van der Waals surface area contributed by atoms with Crippen molar-refractivity contribution in [2.24, 2.45) is 0 Å². The van der Waals surface area contributed by atoms with E-state index in [1.54, 1.807) is 17.5 Å². The molecule has 17 heavy (non-hydrogen) atoms. The number of aromatic hydroxyl groups is 1. The summed E-state index contributed by atoms with van der Waals surface area (Å²) in [6.45, 7) is 1.87. The lowest BCUT2D eigenvalue weighted by Crippen LogP contribution is -2.12. The third-order valence-corrected chi connectivity index (χ3v) is 2.83. The van der Waals surface area contributed by atoms with Crippen LogP contribution in [0, 0.1) is 6.92 Å². The number of nitrogens with zero attached hydrogens (tertiary/aromatic N) is 1. The number of benzene rings is 1. The summed E-state index contributed by atoms with van der Waals surface area (Å²) in [5.41, 5.74) is 6.99. The lowest BCUT2D eigenvalue weighted by Gasteiger charge is -2.06. The minimum Gasteiger partial charge on any atom is -0.506 e. The first kappa shape index (κ1) is 11.4. The van der Waals surface area contributed by atoms with Gasteiger partial charge in [-0.05, 0) is 24.6 Å². The smallest absolute Gasteiger partial charge is 0.275 e. The molecule has 0 aliphatic heterocycles. The molecule has 0 atom stereocenters. The number of carbonyl (C=O) groups excluding carboxylic acids is 1. The van der Waals surface area contributed by atoms with Crippen molar-refractivity contribution in [1.82, 2.24) is 4.98 Å². The maximum atomic E-state index is 11.8. The molecular weight excluding hydrogens is 238 g/mol. The molecule has 0 bridgehead atoms. The number of carbonyl (C=O) groups is 1. The summed E-state index contributed by atoms with van der Waals surface area (Å²) in [6, 6.07) is 4.97. The van der Waals surface area contributed by atoms with Crippen LogP contribution in [-0.2, 0) is 0 Å². The van der Waals surface area contributed by atoms with E-state index in [0.29, 0.717) is 10.8 Å². The highest BCUT2D eigenvalue weighted by atomic mass is 32.1. The highest BCUT2D eigenvalue weighted by Gasteiger charge is 2.11. The van der Waals surface area contributed by atoms with E-state index in [0.717, 1.165) is 5.56 Å². The van der Waals surface area contributed by atoms with E-state index in [2.05, 4.69) is 10.3 Å². The summed E-state index contributed by atoms with van der Waals surface area (Å²) < 4.78 is 0. The highest BCUT2D eigenvalue weighted by molar-refractivity contribution is 7.13. The molecule has 1 heterocycles. The Balaban J connectivity index is 2.21. The molecule has 0 saturated carbocycles. The van der Waals surface area contributed by atoms with Gasteiger partial charge >= 0.3 is 0 Å². The van der Waals surface area contributed by atoms with Crippen LogP contribution in [-0.4, -0.2) is 16.0 Å². The summed E-state index contributed by atoms with van der Waals surface area (Å²) in [4.78, 5) is 15.6. The number of anilines is 2. The second kappa shape index (κ2) is 4.42. The predicted octanol–water partition coefficient (Wildman–Crippen LogP) is 1.99. The number of aromatic nitrogens is 1. The van der Waals surface area contributed by atoms with E-state index in [1.165, 1.54) is 17.4 Å². The first-order chi connectivity index (χ1) is 8.06. The molecule has 1 aromatic carbocycles. The molecular formula is C11H11N3O2S. The maximum Gasteiger partial charge on any atom is 0.275 e. The van der Waals surface area contributed by atoms with Gasteiger partial charge in [0.25, 0.3) is 5.91 Å². The van der Waals surface area contributed by atoms with Crippen LogP contribution in [0.1, 0.15) is 16.1 Å². The topological polar surface area (TPSA) is 88.2 Å². The molecule has 0 spiro atoms. The Hall–Kier alpha value is -2.08. The second-order valence-electron chi connectivity index (χ2n) is 3.55. The number of thiazole rings is 1. The average Bonchev–Trinajstić information content (AvgIpc) is 2.70. The standard InChI is InChI=1S/C11H11N3O2S/c1-6-2-3-9(15)7(4-6)13-10(16)8-5-17-11(12)14-8/h2-5,15H,1H3,(H2,12,14)(H,13,16). The van der Waals surface area contributed by atoms with Crippen LogP contribution in [0.5, 0.6) is 5.75 Å². The molecule has 5 nitrogen and oxygen atoms in total. The van der Waals surface area contributed by atoms with Crippen molar-refractivity contribution in [2.45, 2.75) is 6.92 Å². The molecule has 88 valence electrons. The molecule has 4 N–H and O–H groups in total. The molecule has 0 fully saturated rings. The first-order valence-electron chi connectivity index (χ1n) is 4.88. The number of nitrogens with one attached hydrogen (secondary N) is 1. The minimum absolute atomic E-state index is 0.0205. The number of aryl methyl sites for hydroxylation is 1. The van der Waals surface area contributed by atoms with Gasteiger partial charge in [0, 0.05) is 5.38 Å². The van der Waals surface area contributed by atoms with Crippen molar-refractivity contribution in [3.8, 4) is 5.75 Å². The predicted molar refractivity (Wildman–Crippen MR) is 67.3 cm³/mol. The van der Waals surface area contributed by atoms with Crippen molar-refractivity contribution in [3.05, 3.63) is 34.8 Å². The molecule has 1 aromatic heterocycles. The Morgan fingerprint density at radius 2 is 2.29 bits per heavy atom. The summed E-state index contributed by atoms with van der Waals surface area (Å²) in [6.07, 6.45) is 0. The van der Waals surface area contributed by atoms with Gasteiger partial charge in [0.1, 0.15) is 11.4 Å². The molecule has 0 aliphatic carbocycles. The van der Waals surface area contributed by atoms with Gasteiger partial charge in [-0.3, -0.25) is 4.79 Å². The van der Waals surface area contributed by atoms with E-state index < -0.39 is 0 Å². The number of amides is 1. The van der Waals surface area contributed by atoms with Gasteiger partial charge in [-0.25, -0.2) is 4.98 Å². The van der Waals surface area contributed by atoms with E-state index in [4.69, 9.17) is 5.73 Å². The summed E-state index contributed by atoms with van der Waals surface area (Å²) in [5.74, 6) is -0.369. The van der Waals surface area contributed by atoms with Crippen LogP contribution in [0.2, 0.25) is 0 Å². The summed E-state index contributed by atoms with van der Waals surface area (Å²) in [5, 5.41) is 14.1. The van der Waals surface area contributed by atoms with Crippen LogP contribution in [0.3, 0.4) is 0 Å². The largest absolute Gasteiger partial charge is 0.506 e. The molecule has 0 saturated heterocycles. The van der Waals surface area contributed by atoms with Crippen molar-refractivity contribution in [3.63, 3.8) is 0 Å². The Kier molecular flexibility index (Phi) is 2.97. The lowest BCUT2D eigenvalue weighted by molar-refractivity contribution is 0.102. The molecule has 0 radical (unpaired) electrons. The lowest BCUT2D eigenvalue weighted by atomic mass is 10.2. The fourth-order valence-electron chi connectivity index (χ4n) is 1.33. The Labute approximate surface area is 102 Å². The fraction of sp³-hybridized carbons (Fsp3) is 0.0909. The van der Waals surface area contributed by atoms with Crippen molar-refractivity contribution >= 4 is 28.1 Å². The third-order valence-electron chi connectivity index (χ3n) is 2.15. The normalized spacial score (nSPS) is 10.2. The number of nitrogen functional groups attached to an aromatic ring is 1. The van der Waals surface area contributed by atoms with Crippen LogP contribution in [0.25, 0.3) is 0 Å². The molecule has 1 amide bonds. The number of hydrogen-bond acceptors (Lipinski definition) is 5. The highest BCUT2D eigenvalue weighted by Crippen LogP contribution is 2.24. The molecule has 2 rings (SSSR count). The second-order valence-corrected chi connectivity index (χ2v) is 4.44. The molecule has 2 aromatic rings. The zero-order valence-electron chi connectivity index (χ0n) is 9.10. The van der Waals surface area contributed by atoms with Gasteiger partial charge in [0.2, 0.25) is 0 Å². The molecule has 0 aliphatic rings. The van der Waals surface area contributed by atoms with Gasteiger partial charge in [-0.15, -0.1) is 11.3 Å². The molecule has 0 unspecified atom stereocenters. The summed E-state index contributed by atoms with van der Waals surface area (Å²) >= 11 is 1.19. The number of rotatable bonds is 2. The number of hydrogen-bond donors (Lipinski definition) is 3. The first-order valence-corrected chi connectivity index (χ1v) is 5.76. The molecule has 6 heteroatoms. The zero-order chi connectivity index (χ0) is 12.4. The third kappa shape index (κ3) is 2.54. The van der Waals surface area contributed by atoms with Gasteiger partial charge in [0.15, 0.2) is 5.13 Å². The quantitative estimate of drug-likeness (QED) is 0.710. The van der Waals surface area contributed by atoms with E-state index in [1.807, 2.05) is 6.92 Å². The fourth-order valence-corrected chi connectivity index (χ4v) is 1.87. The monoisotopic (exact) mass is 249 g/mol. The van der Waals surface area contributed by atoms with Crippen LogP contribution >= 0.6 is 11.3 Å². The zero-order valence-corrected chi connectivity index (χ0v) is 9.91. The summed E-state index contributed by atoms with van der Waals surface area (Å²) in [7, 11) is 0. The maximum absolute atomic E-state index is 11.8. The Bertz CT molecular complexity index is 566. The van der Waals surface area contributed by atoms with Gasteiger partial charge in [-0.1, -0.05) is 6.07 Å². The number of nitrogens with two attached hydrogens (primary N) is 1. The number of phenolic OH excluding ortho intramolecular Hbond substituents is 1. The van der Waals surface area contributed by atoms with Crippen LogP contribution in [0.4, 0.5) is 10.8 Å². The number of phenols is 1. The Morgan fingerprint density at radius 1 is 1.53 bits per heavy atom. The van der Waals surface area contributed by atoms with Gasteiger partial charge < -0.3 is 16.2 Å².